The predicted molar refractivity (Wildman–Crippen MR) is 73.2 cm³/mol. The Hall–Kier alpha value is -1.65. The fraction of sp³-hybridized carbons (Fsp3) is 0.200. The van der Waals surface area contributed by atoms with Gasteiger partial charge in [-0.2, -0.15) is 0 Å². The summed E-state index contributed by atoms with van der Waals surface area (Å²) >= 11 is 5.86. The molecule has 0 saturated carbocycles. The molecule has 2 aromatic rings. The van der Waals surface area contributed by atoms with Crippen LogP contribution in [0.15, 0.2) is 30.3 Å². The van der Waals surface area contributed by atoms with E-state index in [9.17, 15) is 13.9 Å². The number of aliphatic hydroxyl groups is 1. The van der Waals surface area contributed by atoms with E-state index in [0.717, 1.165) is 6.07 Å². The van der Waals surface area contributed by atoms with Crippen LogP contribution in [0.25, 0.3) is 0 Å². The van der Waals surface area contributed by atoms with E-state index in [4.69, 9.17) is 16.3 Å². The van der Waals surface area contributed by atoms with Crippen LogP contribution in [0.2, 0.25) is 5.02 Å². The third-order valence-electron chi connectivity index (χ3n) is 3.08. The molecule has 106 valence electrons. The lowest BCUT2D eigenvalue weighted by molar-refractivity contribution is 0.203. The maximum absolute atomic E-state index is 14.1. The van der Waals surface area contributed by atoms with E-state index in [-0.39, 0.29) is 11.1 Å². The van der Waals surface area contributed by atoms with Crippen LogP contribution in [-0.4, -0.2) is 12.2 Å². The number of aliphatic hydroxyl groups excluding tert-OH is 1. The van der Waals surface area contributed by atoms with Crippen molar-refractivity contribution in [3.8, 4) is 5.75 Å². The van der Waals surface area contributed by atoms with Gasteiger partial charge in [-0.05, 0) is 36.8 Å². The highest BCUT2D eigenvalue weighted by atomic mass is 35.5. The predicted octanol–water partition coefficient (Wildman–Crippen LogP) is 4.02. The van der Waals surface area contributed by atoms with E-state index in [1.54, 1.807) is 6.07 Å². The molecule has 0 aromatic heterocycles. The molecule has 0 bridgehead atoms. The Morgan fingerprint density at radius 2 is 1.90 bits per heavy atom. The quantitative estimate of drug-likeness (QED) is 0.927. The number of aryl methyl sites for hydroxylation is 1. The van der Waals surface area contributed by atoms with Crippen molar-refractivity contribution < 1.29 is 18.6 Å². The van der Waals surface area contributed by atoms with Gasteiger partial charge in [0.2, 0.25) is 0 Å². The molecule has 0 saturated heterocycles. The second-order valence-electron chi connectivity index (χ2n) is 4.38. The Bertz CT molecular complexity index is 644. The lowest BCUT2D eigenvalue weighted by atomic mass is 9.98. The number of benzene rings is 2. The summed E-state index contributed by atoms with van der Waals surface area (Å²) in [7, 11) is 1.41. The van der Waals surface area contributed by atoms with Crippen LogP contribution in [0.4, 0.5) is 8.78 Å². The minimum atomic E-state index is -1.50. The standard InChI is InChI=1S/C15H13ClF2O2/c1-8-3-5-11(17)13(14(8)18)15(19)10-7-9(16)4-6-12(10)20-2/h3-7,15,19H,1-2H3. The summed E-state index contributed by atoms with van der Waals surface area (Å²) in [5, 5.41) is 10.6. The zero-order valence-electron chi connectivity index (χ0n) is 11.0. The highest BCUT2D eigenvalue weighted by Crippen LogP contribution is 2.35. The summed E-state index contributed by atoms with van der Waals surface area (Å²) in [6, 6.07) is 6.96. The van der Waals surface area contributed by atoms with E-state index in [1.165, 1.54) is 32.2 Å². The molecular weight excluding hydrogens is 286 g/mol. The molecular formula is C15H13ClF2O2. The van der Waals surface area contributed by atoms with Crippen molar-refractivity contribution in [2.24, 2.45) is 0 Å². The van der Waals surface area contributed by atoms with Gasteiger partial charge in [0, 0.05) is 10.6 Å². The average Bonchev–Trinajstić information content (AvgIpc) is 2.43. The van der Waals surface area contributed by atoms with Gasteiger partial charge in [-0.25, -0.2) is 8.78 Å². The smallest absolute Gasteiger partial charge is 0.135 e. The van der Waals surface area contributed by atoms with Crippen molar-refractivity contribution >= 4 is 11.6 Å². The van der Waals surface area contributed by atoms with Crippen molar-refractivity contribution in [2.45, 2.75) is 13.0 Å². The van der Waals surface area contributed by atoms with E-state index >= 15 is 0 Å². The molecule has 0 fully saturated rings. The molecule has 0 spiro atoms. The fourth-order valence-electron chi connectivity index (χ4n) is 2.00. The number of methoxy groups -OCH3 is 1. The zero-order chi connectivity index (χ0) is 14.9. The summed E-state index contributed by atoms with van der Waals surface area (Å²) in [4.78, 5) is 0. The molecule has 0 amide bonds. The molecule has 0 heterocycles. The van der Waals surface area contributed by atoms with Crippen molar-refractivity contribution in [2.75, 3.05) is 7.11 Å². The van der Waals surface area contributed by atoms with E-state index in [0.29, 0.717) is 10.8 Å². The SMILES string of the molecule is COc1ccc(Cl)cc1C(O)c1c(F)ccc(C)c1F. The Labute approximate surface area is 120 Å². The number of hydrogen-bond donors (Lipinski definition) is 1. The number of rotatable bonds is 3. The first-order valence-corrected chi connectivity index (χ1v) is 6.29. The monoisotopic (exact) mass is 298 g/mol. The molecule has 0 radical (unpaired) electrons. The van der Waals surface area contributed by atoms with Crippen molar-refractivity contribution in [3.63, 3.8) is 0 Å². The summed E-state index contributed by atoms with van der Waals surface area (Å²) in [6.07, 6.45) is -1.50. The second-order valence-corrected chi connectivity index (χ2v) is 4.82. The maximum Gasteiger partial charge on any atom is 0.135 e. The largest absolute Gasteiger partial charge is 0.496 e. The number of halogens is 3. The number of ether oxygens (including phenoxy) is 1. The molecule has 2 rings (SSSR count). The van der Waals surface area contributed by atoms with Crippen LogP contribution in [0.3, 0.4) is 0 Å². The molecule has 0 aliphatic rings. The summed E-state index contributed by atoms with van der Waals surface area (Å²) in [5.41, 5.74) is 0.0513. The summed E-state index contributed by atoms with van der Waals surface area (Å²) in [6.45, 7) is 1.50. The van der Waals surface area contributed by atoms with Crippen molar-refractivity contribution in [3.05, 3.63) is 63.7 Å². The summed E-state index contributed by atoms with van der Waals surface area (Å²) in [5.74, 6) is -1.29. The van der Waals surface area contributed by atoms with Crippen LogP contribution < -0.4 is 4.74 Å². The van der Waals surface area contributed by atoms with Gasteiger partial charge in [-0.15, -0.1) is 0 Å². The van der Waals surface area contributed by atoms with Crippen LogP contribution in [0, 0.1) is 18.6 Å². The van der Waals surface area contributed by atoms with E-state index in [2.05, 4.69) is 0 Å². The number of hydrogen-bond acceptors (Lipinski definition) is 2. The average molecular weight is 299 g/mol. The first-order chi connectivity index (χ1) is 9.45. The minimum Gasteiger partial charge on any atom is -0.496 e. The Kier molecular flexibility index (Phi) is 4.26. The van der Waals surface area contributed by atoms with Crippen LogP contribution >= 0.6 is 11.6 Å². The van der Waals surface area contributed by atoms with Crippen molar-refractivity contribution in [1.82, 2.24) is 0 Å². The van der Waals surface area contributed by atoms with Gasteiger partial charge in [-0.1, -0.05) is 17.7 Å². The highest BCUT2D eigenvalue weighted by molar-refractivity contribution is 6.30. The second kappa shape index (κ2) is 5.77. The van der Waals surface area contributed by atoms with E-state index in [1.807, 2.05) is 0 Å². The first-order valence-electron chi connectivity index (χ1n) is 5.91. The molecule has 0 aliphatic carbocycles. The molecule has 2 aromatic carbocycles. The molecule has 0 aliphatic heterocycles. The zero-order valence-corrected chi connectivity index (χ0v) is 11.7. The normalized spacial score (nSPS) is 12.3. The Morgan fingerprint density at radius 3 is 2.55 bits per heavy atom. The summed E-state index contributed by atoms with van der Waals surface area (Å²) < 4.78 is 33.0. The minimum absolute atomic E-state index is 0.211. The van der Waals surface area contributed by atoms with Crippen LogP contribution in [0.5, 0.6) is 5.75 Å². The van der Waals surface area contributed by atoms with Gasteiger partial charge >= 0.3 is 0 Å². The van der Waals surface area contributed by atoms with Crippen LogP contribution in [-0.2, 0) is 0 Å². The molecule has 1 unspecified atom stereocenters. The lowest BCUT2D eigenvalue weighted by Gasteiger charge is -2.17. The van der Waals surface area contributed by atoms with Gasteiger partial charge in [-0.3, -0.25) is 0 Å². The van der Waals surface area contributed by atoms with Crippen molar-refractivity contribution in [1.29, 1.82) is 0 Å². The molecule has 20 heavy (non-hydrogen) atoms. The highest BCUT2D eigenvalue weighted by Gasteiger charge is 2.24. The molecule has 1 N–H and O–H groups in total. The first kappa shape index (κ1) is 14.8. The van der Waals surface area contributed by atoms with Gasteiger partial charge in [0.1, 0.15) is 23.5 Å². The topological polar surface area (TPSA) is 29.5 Å². The van der Waals surface area contributed by atoms with Gasteiger partial charge in [0.15, 0.2) is 0 Å². The van der Waals surface area contributed by atoms with Crippen LogP contribution in [0.1, 0.15) is 22.8 Å². The molecule has 2 nitrogen and oxygen atoms in total. The molecule has 5 heteroatoms. The fourth-order valence-corrected chi connectivity index (χ4v) is 2.18. The third-order valence-corrected chi connectivity index (χ3v) is 3.31. The van der Waals surface area contributed by atoms with Gasteiger partial charge in [0.05, 0.1) is 12.7 Å². The molecule has 1 atom stereocenters. The third kappa shape index (κ3) is 2.62. The Balaban J connectivity index is 2.60. The van der Waals surface area contributed by atoms with Gasteiger partial charge < -0.3 is 9.84 Å². The van der Waals surface area contributed by atoms with Gasteiger partial charge in [0.25, 0.3) is 0 Å². The van der Waals surface area contributed by atoms with E-state index < -0.39 is 23.3 Å². The lowest BCUT2D eigenvalue weighted by Crippen LogP contribution is -2.08. The maximum atomic E-state index is 14.1. The Morgan fingerprint density at radius 1 is 1.20 bits per heavy atom.